The van der Waals surface area contributed by atoms with Crippen molar-refractivity contribution in [3.05, 3.63) is 78.4 Å². The summed E-state index contributed by atoms with van der Waals surface area (Å²) in [6.45, 7) is 2.44. The number of hydrogen-bond donors (Lipinski definition) is 1. The summed E-state index contributed by atoms with van der Waals surface area (Å²) in [6, 6.07) is 23.8. The van der Waals surface area contributed by atoms with Crippen LogP contribution in [0.25, 0.3) is 10.8 Å². The molecule has 1 atom stereocenters. The van der Waals surface area contributed by atoms with E-state index in [9.17, 15) is 4.79 Å². The van der Waals surface area contributed by atoms with Gasteiger partial charge in [0.15, 0.2) is 6.10 Å². The predicted molar refractivity (Wildman–Crippen MR) is 96.9 cm³/mol. The monoisotopic (exact) mass is 319 g/mol. The highest BCUT2D eigenvalue weighted by atomic mass is 16.5. The number of nitrogens with one attached hydrogen (secondary N) is 1. The first-order valence-corrected chi connectivity index (χ1v) is 8.24. The van der Waals surface area contributed by atoms with Crippen LogP contribution in [0.1, 0.15) is 18.9 Å². The SMILES string of the molecule is CCC(Oc1ccccc1)C(=O)NCc1cccc2ccccc12. The second kappa shape index (κ2) is 7.64. The molecule has 3 aromatic rings. The number of benzene rings is 3. The Bertz CT molecular complexity index is 809. The van der Waals surface area contributed by atoms with Crippen molar-refractivity contribution >= 4 is 16.7 Å². The molecule has 1 amide bonds. The first-order chi connectivity index (χ1) is 11.8. The van der Waals surface area contributed by atoms with Crippen molar-refractivity contribution in [1.29, 1.82) is 0 Å². The molecule has 3 aromatic carbocycles. The van der Waals surface area contributed by atoms with Crippen LogP contribution in [0.4, 0.5) is 0 Å². The lowest BCUT2D eigenvalue weighted by atomic mass is 10.0. The summed E-state index contributed by atoms with van der Waals surface area (Å²) in [7, 11) is 0. The lowest BCUT2D eigenvalue weighted by molar-refractivity contribution is -0.128. The van der Waals surface area contributed by atoms with E-state index in [1.54, 1.807) is 0 Å². The van der Waals surface area contributed by atoms with Crippen molar-refractivity contribution in [3.63, 3.8) is 0 Å². The van der Waals surface area contributed by atoms with Crippen LogP contribution in [-0.2, 0) is 11.3 Å². The summed E-state index contributed by atoms with van der Waals surface area (Å²) in [5.74, 6) is 0.624. The Morgan fingerprint density at radius 2 is 1.67 bits per heavy atom. The van der Waals surface area contributed by atoms with E-state index in [1.165, 1.54) is 5.39 Å². The molecule has 3 rings (SSSR count). The average molecular weight is 319 g/mol. The fourth-order valence-corrected chi connectivity index (χ4v) is 2.73. The summed E-state index contributed by atoms with van der Waals surface area (Å²) in [4.78, 5) is 12.5. The highest BCUT2D eigenvalue weighted by molar-refractivity contribution is 5.86. The van der Waals surface area contributed by atoms with Crippen LogP contribution in [0.15, 0.2) is 72.8 Å². The number of hydrogen-bond acceptors (Lipinski definition) is 2. The largest absolute Gasteiger partial charge is 0.481 e. The van der Waals surface area contributed by atoms with Gasteiger partial charge >= 0.3 is 0 Å². The summed E-state index contributed by atoms with van der Waals surface area (Å²) in [6.07, 6.45) is 0.137. The molecule has 0 radical (unpaired) electrons. The molecule has 0 spiro atoms. The lowest BCUT2D eigenvalue weighted by Crippen LogP contribution is -2.37. The maximum atomic E-state index is 12.5. The van der Waals surface area contributed by atoms with Gasteiger partial charge in [0.25, 0.3) is 5.91 Å². The zero-order valence-corrected chi connectivity index (χ0v) is 13.7. The van der Waals surface area contributed by atoms with E-state index < -0.39 is 6.10 Å². The van der Waals surface area contributed by atoms with Gasteiger partial charge in [0.2, 0.25) is 0 Å². The predicted octanol–water partition coefficient (Wildman–Crippen LogP) is 4.31. The number of carbonyl (C=O) groups is 1. The third-order valence-corrected chi connectivity index (χ3v) is 4.02. The molecule has 1 N–H and O–H groups in total. The molecule has 122 valence electrons. The first-order valence-electron chi connectivity index (χ1n) is 8.24. The smallest absolute Gasteiger partial charge is 0.261 e. The molecule has 0 bridgehead atoms. The molecule has 0 heterocycles. The molecule has 0 saturated carbocycles. The van der Waals surface area contributed by atoms with E-state index in [1.807, 2.05) is 61.5 Å². The molecular weight excluding hydrogens is 298 g/mol. The second-order valence-electron chi connectivity index (χ2n) is 5.68. The van der Waals surface area contributed by atoms with Gasteiger partial charge in [0.05, 0.1) is 0 Å². The van der Waals surface area contributed by atoms with Crippen molar-refractivity contribution in [2.75, 3.05) is 0 Å². The van der Waals surface area contributed by atoms with Crippen molar-refractivity contribution in [2.45, 2.75) is 26.0 Å². The third kappa shape index (κ3) is 3.74. The molecular formula is C21H21NO2. The van der Waals surface area contributed by atoms with Gasteiger partial charge in [-0.1, -0.05) is 67.6 Å². The highest BCUT2D eigenvalue weighted by Crippen LogP contribution is 2.18. The minimum absolute atomic E-state index is 0.0886. The molecule has 0 fully saturated rings. The van der Waals surface area contributed by atoms with Gasteiger partial charge in [0.1, 0.15) is 5.75 Å². The van der Waals surface area contributed by atoms with Crippen molar-refractivity contribution in [2.24, 2.45) is 0 Å². The maximum absolute atomic E-state index is 12.5. The van der Waals surface area contributed by atoms with Crippen LogP contribution in [0.3, 0.4) is 0 Å². The van der Waals surface area contributed by atoms with Crippen LogP contribution >= 0.6 is 0 Å². The fourth-order valence-electron chi connectivity index (χ4n) is 2.73. The normalized spacial score (nSPS) is 11.9. The molecule has 0 aliphatic carbocycles. The highest BCUT2D eigenvalue weighted by Gasteiger charge is 2.18. The molecule has 0 aliphatic heterocycles. The van der Waals surface area contributed by atoms with Crippen LogP contribution in [0.2, 0.25) is 0 Å². The number of rotatable bonds is 6. The van der Waals surface area contributed by atoms with E-state index in [0.29, 0.717) is 18.7 Å². The Kier molecular flexibility index (Phi) is 5.12. The zero-order valence-electron chi connectivity index (χ0n) is 13.7. The molecule has 24 heavy (non-hydrogen) atoms. The maximum Gasteiger partial charge on any atom is 0.261 e. The summed E-state index contributed by atoms with van der Waals surface area (Å²) in [5, 5.41) is 5.34. The Balaban J connectivity index is 1.67. The molecule has 0 aromatic heterocycles. The minimum Gasteiger partial charge on any atom is -0.481 e. The first kappa shape index (κ1) is 16.1. The van der Waals surface area contributed by atoms with Gasteiger partial charge in [-0.25, -0.2) is 0 Å². The number of amides is 1. The Labute approximate surface area is 142 Å². The van der Waals surface area contributed by atoms with Crippen LogP contribution in [-0.4, -0.2) is 12.0 Å². The summed E-state index contributed by atoms with van der Waals surface area (Å²) in [5.41, 5.74) is 1.11. The van der Waals surface area contributed by atoms with Gasteiger partial charge in [0, 0.05) is 6.54 Å². The van der Waals surface area contributed by atoms with Gasteiger partial charge < -0.3 is 10.1 Å². The molecule has 1 unspecified atom stereocenters. The topological polar surface area (TPSA) is 38.3 Å². The van der Waals surface area contributed by atoms with Crippen LogP contribution < -0.4 is 10.1 Å². The molecule has 3 nitrogen and oxygen atoms in total. The van der Waals surface area contributed by atoms with E-state index in [2.05, 4.69) is 23.5 Å². The summed E-state index contributed by atoms with van der Waals surface area (Å²) < 4.78 is 5.79. The van der Waals surface area contributed by atoms with Crippen LogP contribution in [0, 0.1) is 0 Å². The van der Waals surface area contributed by atoms with Crippen LogP contribution in [0.5, 0.6) is 5.75 Å². The number of carbonyl (C=O) groups excluding carboxylic acids is 1. The summed E-state index contributed by atoms with van der Waals surface area (Å²) >= 11 is 0. The van der Waals surface area contributed by atoms with E-state index in [-0.39, 0.29) is 5.91 Å². The molecule has 0 saturated heterocycles. The zero-order chi connectivity index (χ0) is 16.8. The quantitative estimate of drug-likeness (QED) is 0.735. The fraction of sp³-hybridized carbons (Fsp3) is 0.190. The minimum atomic E-state index is -0.484. The van der Waals surface area contributed by atoms with E-state index in [0.717, 1.165) is 10.9 Å². The van der Waals surface area contributed by atoms with Gasteiger partial charge in [-0.3, -0.25) is 4.79 Å². The van der Waals surface area contributed by atoms with E-state index >= 15 is 0 Å². The Hall–Kier alpha value is -2.81. The Morgan fingerprint density at radius 3 is 2.46 bits per heavy atom. The number of fused-ring (bicyclic) bond motifs is 1. The van der Waals surface area contributed by atoms with Crippen molar-refractivity contribution < 1.29 is 9.53 Å². The Morgan fingerprint density at radius 1 is 0.958 bits per heavy atom. The standard InChI is InChI=1S/C21H21NO2/c1-2-20(24-18-12-4-3-5-13-18)21(23)22-15-17-11-8-10-16-9-6-7-14-19(16)17/h3-14,20H,2,15H2,1H3,(H,22,23). The van der Waals surface area contributed by atoms with E-state index in [4.69, 9.17) is 4.74 Å². The number of ether oxygens (including phenoxy) is 1. The van der Waals surface area contributed by atoms with Crippen molar-refractivity contribution in [3.8, 4) is 5.75 Å². The second-order valence-corrected chi connectivity index (χ2v) is 5.68. The van der Waals surface area contributed by atoms with Gasteiger partial charge in [-0.05, 0) is 34.9 Å². The lowest BCUT2D eigenvalue weighted by Gasteiger charge is -2.17. The average Bonchev–Trinajstić information content (AvgIpc) is 2.65. The third-order valence-electron chi connectivity index (χ3n) is 4.02. The van der Waals surface area contributed by atoms with Crippen molar-refractivity contribution in [1.82, 2.24) is 5.32 Å². The molecule has 0 aliphatic rings. The van der Waals surface area contributed by atoms with Gasteiger partial charge in [-0.2, -0.15) is 0 Å². The number of para-hydroxylation sites is 1. The molecule has 3 heteroatoms. The van der Waals surface area contributed by atoms with Gasteiger partial charge in [-0.15, -0.1) is 0 Å².